The van der Waals surface area contributed by atoms with Crippen molar-refractivity contribution in [3.05, 3.63) is 52.7 Å². The topological polar surface area (TPSA) is 97.7 Å². The number of nitriles is 1. The lowest BCUT2D eigenvalue weighted by molar-refractivity contribution is 0.474. The molecule has 7 heteroatoms. The zero-order valence-electron chi connectivity index (χ0n) is 14.1. The molecule has 2 N–H and O–H groups in total. The Kier molecular flexibility index (Phi) is 4.61. The van der Waals surface area contributed by atoms with Crippen molar-refractivity contribution in [2.75, 3.05) is 6.54 Å². The van der Waals surface area contributed by atoms with Gasteiger partial charge in [-0.25, -0.2) is 0 Å². The highest BCUT2D eigenvalue weighted by molar-refractivity contribution is 7.13. The highest BCUT2D eigenvalue weighted by atomic mass is 32.1. The molecule has 1 fully saturated rings. The van der Waals surface area contributed by atoms with Gasteiger partial charge in [0.2, 0.25) is 0 Å². The van der Waals surface area contributed by atoms with Gasteiger partial charge in [-0.1, -0.05) is 22.5 Å². The first-order valence-corrected chi connectivity index (χ1v) is 9.29. The molecule has 0 amide bonds. The Bertz CT molecular complexity index is 957. The molecule has 2 aromatic heterocycles. The second-order valence-corrected chi connectivity index (χ2v) is 7.17. The van der Waals surface area contributed by atoms with Gasteiger partial charge in [0.1, 0.15) is 10.8 Å². The molecule has 1 aromatic carbocycles. The summed E-state index contributed by atoms with van der Waals surface area (Å²) in [5, 5.41) is 19.0. The van der Waals surface area contributed by atoms with E-state index in [0.717, 1.165) is 28.2 Å². The number of hydrogen-bond donors (Lipinski definition) is 1. The number of nitrogens with two attached hydrogens (primary N) is 1. The molecule has 1 saturated carbocycles. The van der Waals surface area contributed by atoms with Crippen LogP contribution in [0.5, 0.6) is 10.9 Å². The van der Waals surface area contributed by atoms with E-state index in [2.05, 4.69) is 21.3 Å². The summed E-state index contributed by atoms with van der Waals surface area (Å²) in [6, 6.07) is 11.4. The van der Waals surface area contributed by atoms with Crippen LogP contribution in [-0.4, -0.2) is 21.7 Å². The number of rotatable bonds is 6. The predicted octanol–water partition coefficient (Wildman–Crippen LogP) is 3.64. The molecule has 0 saturated heterocycles. The third-order valence-electron chi connectivity index (χ3n) is 4.19. The molecule has 6 nitrogen and oxygen atoms in total. The van der Waals surface area contributed by atoms with Crippen LogP contribution in [0.25, 0.3) is 11.3 Å². The molecular formula is C19H17N5OS. The number of nitrogens with zero attached hydrogens (tertiary/aromatic N) is 4. The fourth-order valence-electron chi connectivity index (χ4n) is 2.64. The lowest BCUT2D eigenvalue weighted by atomic mass is 10.1. The summed E-state index contributed by atoms with van der Waals surface area (Å²) in [4.78, 5) is 4.52. The van der Waals surface area contributed by atoms with Gasteiger partial charge in [-0.05, 0) is 55.6 Å². The molecule has 2 heterocycles. The van der Waals surface area contributed by atoms with Gasteiger partial charge in [-0.15, -0.1) is 5.10 Å². The van der Waals surface area contributed by atoms with E-state index in [1.165, 1.54) is 24.2 Å². The van der Waals surface area contributed by atoms with Crippen molar-refractivity contribution in [1.82, 2.24) is 15.2 Å². The van der Waals surface area contributed by atoms with Crippen LogP contribution < -0.4 is 10.5 Å². The smallest absolute Gasteiger partial charge is 0.299 e. The quantitative estimate of drug-likeness (QED) is 0.718. The van der Waals surface area contributed by atoms with Crippen LogP contribution in [0.2, 0.25) is 0 Å². The van der Waals surface area contributed by atoms with Crippen molar-refractivity contribution in [2.24, 2.45) is 5.73 Å². The highest BCUT2D eigenvalue weighted by Gasteiger charge is 2.28. The Morgan fingerprint density at radius 3 is 2.81 bits per heavy atom. The van der Waals surface area contributed by atoms with Gasteiger partial charge in [-0.3, -0.25) is 4.98 Å². The maximum absolute atomic E-state index is 9.21. The van der Waals surface area contributed by atoms with E-state index in [0.29, 0.717) is 29.0 Å². The first-order chi connectivity index (χ1) is 12.8. The van der Waals surface area contributed by atoms with Crippen molar-refractivity contribution >= 4 is 11.3 Å². The van der Waals surface area contributed by atoms with E-state index in [-0.39, 0.29) is 0 Å². The number of aromatic nitrogens is 3. The van der Waals surface area contributed by atoms with E-state index in [1.54, 1.807) is 12.1 Å². The number of pyridine rings is 1. The van der Waals surface area contributed by atoms with Crippen LogP contribution in [0.1, 0.15) is 34.9 Å². The average molecular weight is 363 g/mol. The van der Waals surface area contributed by atoms with Crippen molar-refractivity contribution < 1.29 is 4.74 Å². The molecule has 0 aliphatic heterocycles. The Morgan fingerprint density at radius 2 is 2.12 bits per heavy atom. The molecule has 4 rings (SSSR count). The largest absolute Gasteiger partial charge is 0.429 e. The van der Waals surface area contributed by atoms with E-state index >= 15 is 0 Å². The maximum Gasteiger partial charge on any atom is 0.299 e. The van der Waals surface area contributed by atoms with Crippen molar-refractivity contribution in [1.29, 1.82) is 5.26 Å². The van der Waals surface area contributed by atoms with Gasteiger partial charge in [0.25, 0.3) is 5.19 Å². The van der Waals surface area contributed by atoms with Crippen molar-refractivity contribution in [3.8, 4) is 28.3 Å². The molecule has 0 atom stereocenters. The fraction of sp³-hybridized carbons (Fsp3) is 0.263. The van der Waals surface area contributed by atoms with Crippen LogP contribution in [0.15, 0.2) is 36.5 Å². The minimum atomic E-state index is 0.489. The summed E-state index contributed by atoms with van der Waals surface area (Å²) in [6.07, 6.45) is 4.95. The monoisotopic (exact) mass is 363 g/mol. The first kappa shape index (κ1) is 16.6. The van der Waals surface area contributed by atoms with E-state index in [9.17, 15) is 5.26 Å². The van der Waals surface area contributed by atoms with Crippen LogP contribution >= 0.6 is 11.3 Å². The molecule has 26 heavy (non-hydrogen) atoms. The summed E-state index contributed by atoms with van der Waals surface area (Å²) in [6.45, 7) is 0.590. The second-order valence-electron chi connectivity index (χ2n) is 6.20. The summed E-state index contributed by atoms with van der Waals surface area (Å²) in [7, 11) is 0. The van der Waals surface area contributed by atoms with E-state index in [1.807, 2.05) is 24.4 Å². The molecule has 0 bridgehead atoms. The molecule has 1 aliphatic carbocycles. The van der Waals surface area contributed by atoms with Crippen LogP contribution in [0.4, 0.5) is 0 Å². The van der Waals surface area contributed by atoms with Crippen molar-refractivity contribution in [3.63, 3.8) is 0 Å². The Morgan fingerprint density at radius 1 is 1.23 bits per heavy atom. The molecule has 0 radical (unpaired) electrons. The Hall–Kier alpha value is -2.82. The molecule has 1 aliphatic rings. The van der Waals surface area contributed by atoms with Crippen LogP contribution in [0, 0.1) is 11.3 Å². The van der Waals surface area contributed by atoms with E-state index < -0.39 is 0 Å². The third kappa shape index (κ3) is 3.57. The molecule has 0 unspecified atom stereocenters. The van der Waals surface area contributed by atoms with Crippen LogP contribution in [-0.2, 0) is 6.42 Å². The zero-order chi connectivity index (χ0) is 17.9. The van der Waals surface area contributed by atoms with Gasteiger partial charge in [-0.2, -0.15) is 5.26 Å². The van der Waals surface area contributed by atoms with E-state index in [4.69, 9.17) is 10.5 Å². The maximum atomic E-state index is 9.21. The summed E-state index contributed by atoms with van der Waals surface area (Å²) >= 11 is 1.46. The van der Waals surface area contributed by atoms with Crippen molar-refractivity contribution in [2.45, 2.75) is 25.2 Å². The summed E-state index contributed by atoms with van der Waals surface area (Å²) in [5.41, 5.74) is 8.79. The van der Waals surface area contributed by atoms with Gasteiger partial charge < -0.3 is 10.5 Å². The van der Waals surface area contributed by atoms with Gasteiger partial charge in [0.05, 0.1) is 17.3 Å². The summed E-state index contributed by atoms with van der Waals surface area (Å²) in [5.74, 6) is 1.09. The highest BCUT2D eigenvalue weighted by Crippen LogP contribution is 2.43. The van der Waals surface area contributed by atoms with Gasteiger partial charge >= 0.3 is 0 Å². The number of hydrogen-bond acceptors (Lipinski definition) is 7. The zero-order valence-corrected chi connectivity index (χ0v) is 14.9. The molecule has 0 spiro atoms. The minimum Gasteiger partial charge on any atom is -0.429 e. The predicted molar refractivity (Wildman–Crippen MR) is 99.1 cm³/mol. The average Bonchev–Trinajstić information content (AvgIpc) is 3.42. The Balaban J connectivity index is 1.66. The summed E-state index contributed by atoms with van der Waals surface area (Å²) < 4.78 is 5.98. The molecule has 130 valence electrons. The van der Waals surface area contributed by atoms with Crippen LogP contribution in [0.3, 0.4) is 0 Å². The first-order valence-electron chi connectivity index (χ1n) is 8.47. The lowest BCUT2D eigenvalue weighted by Gasteiger charge is -2.09. The molecule has 3 aromatic rings. The lowest BCUT2D eigenvalue weighted by Crippen LogP contribution is -2.03. The second kappa shape index (κ2) is 7.20. The normalized spacial score (nSPS) is 13.4. The fourth-order valence-corrected chi connectivity index (χ4v) is 3.51. The van der Waals surface area contributed by atoms with Gasteiger partial charge in [0, 0.05) is 17.7 Å². The number of ether oxygens (including phenoxy) is 1. The third-order valence-corrected chi connectivity index (χ3v) is 5.15. The molecular weight excluding hydrogens is 346 g/mol. The van der Waals surface area contributed by atoms with Gasteiger partial charge in [0.15, 0.2) is 0 Å². The standard InChI is InChI=1S/C19H17N5OS/c20-8-7-12-2-6-16(22-11-12)15-5-1-13(10-21)9-17(15)25-19-24-23-18(26-19)14-3-4-14/h1-2,5-6,9,11,14H,3-4,7-8,20H2. The SMILES string of the molecule is N#Cc1ccc(-c2ccc(CCN)cn2)c(Oc2nnc(C3CC3)s2)c1. The Labute approximate surface area is 155 Å². The minimum absolute atomic E-state index is 0.489. The number of benzene rings is 1.